The van der Waals surface area contributed by atoms with Crippen molar-refractivity contribution >= 4 is 11.9 Å². The molecule has 1 amide bonds. The zero-order valence-corrected chi connectivity index (χ0v) is 14.1. The van der Waals surface area contributed by atoms with Crippen molar-refractivity contribution in [2.45, 2.75) is 26.8 Å². The van der Waals surface area contributed by atoms with Gasteiger partial charge in [0, 0.05) is 11.7 Å². The molecule has 2 unspecified atom stereocenters. The highest BCUT2D eigenvalue weighted by Gasteiger charge is 2.23. The lowest BCUT2D eigenvalue weighted by Crippen LogP contribution is -2.40. The van der Waals surface area contributed by atoms with Crippen molar-refractivity contribution in [1.29, 1.82) is 0 Å². The molecule has 0 aliphatic heterocycles. The minimum Gasteiger partial charge on any atom is -0.497 e. The van der Waals surface area contributed by atoms with Crippen molar-refractivity contribution in [1.82, 2.24) is 15.1 Å². The Labute approximate surface area is 140 Å². The molecule has 0 saturated heterocycles. The van der Waals surface area contributed by atoms with Crippen LogP contribution in [0, 0.1) is 12.8 Å². The fourth-order valence-corrected chi connectivity index (χ4v) is 2.19. The van der Waals surface area contributed by atoms with Crippen LogP contribution in [0.1, 0.15) is 30.0 Å². The van der Waals surface area contributed by atoms with Crippen LogP contribution in [-0.4, -0.2) is 39.9 Å². The number of rotatable bonds is 6. The van der Waals surface area contributed by atoms with Gasteiger partial charge in [0.25, 0.3) is 5.91 Å². The van der Waals surface area contributed by atoms with E-state index in [1.165, 1.54) is 0 Å². The topological polar surface area (TPSA) is 93.5 Å². The summed E-state index contributed by atoms with van der Waals surface area (Å²) in [6.45, 7) is 5.05. The lowest BCUT2D eigenvalue weighted by Gasteiger charge is -2.16. The highest BCUT2D eigenvalue weighted by molar-refractivity contribution is 5.93. The van der Waals surface area contributed by atoms with Gasteiger partial charge in [-0.25, -0.2) is 4.68 Å². The molecule has 0 aliphatic carbocycles. The molecule has 2 rings (SSSR count). The summed E-state index contributed by atoms with van der Waals surface area (Å²) in [6.07, 6.45) is 0. The Morgan fingerprint density at radius 3 is 2.42 bits per heavy atom. The Hall–Kier alpha value is -2.83. The lowest BCUT2D eigenvalue weighted by atomic mass is 10.0. The van der Waals surface area contributed by atoms with Gasteiger partial charge in [-0.3, -0.25) is 9.59 Å². The number of hydrogen-bond donors (Lipinski definition) is 2. The fraction of sp³-hybridized carbons (Fsp3) is 0.353. The summed E-state index contributed by atoms with van der Waals surface area (Å²) in [7, 11) is 1.59. The zero-order valence-electron chi connectivity index (χ0n) is 14.1. The summed E-state index contributed by atoms with van der Waals surface area (Å²) in [5, 5.41) is 16.0. The molecule has 1 aromatic heterocycles. The number of nitrogens with zero attached hydrogens (tertiary/aromatic N) is 2. The van der Waals surface area contributed by atoms with E-state index in [4.69, 9.17) is 9.84 Å². The van der Waals surface area contributed by atoms with Crippen LogP contribution in [0.5, 0.6) is 5.75 Å². The first-order valence-corrected chi connectivity index (χ1v) is 7.58. The maximum Gasteiger partial charge on any atom is 0.308 e. The summed E-state index contributed by atoms with van der Waals surface area (Å²) in [5.74, 6) is -1.30. The molecule has 0 radical (unpaired) electrons. The minimum atomic E-state index is -0.956. The largest absolute Gasteiger partial charge is 0.497 e. The second-order valence-electron chi connectivity index (χ2n) is 5.67. The maximum absolute atomic E-state index is 12.3. The zero-order chi connectivity index (χ0) is 17.9. The van der Waals surface area contributed by atoms with E-state index in [0.717, 1.165) is 17.1 Å². The highest BCUT2D eigenvalue weighted by atomic mass is 16.5. The van der Waals surface area contributed by atoms with E-state index in [9.17, 15) is 9.59 Å². The number of aromatic nitrogens is 2. The average Bonchev–Trinajstić information content (AvgIpc) is 2.96. The van der Waals surface area contributed by atoms with Crippen LogP contribution in [-0.2, 0) is 4.79 Å². The van der Waals surface area contributed by atoms with Crippen LogP contribution in [0.2, 0.25) is 0 Å². The first-order chi connectivity index (χ1) is 11.3. The van der Waals surface area contributed by atoms with E-state index >= 15 is 0 Å². The number of ether oxygens (including phenoxy) is 1. The van der Waals surface area contributed by atoms with E-state index in [0.29, 0.717) is 0 Å². The quantitative estimate of drug-likeness (QED) is 0.845. The molecule has 0 aliphatic rings. The lowest BCUT2D eigenvalue weighted by molar-refractivity contribution is -0.141. The molecular weight excluding hydrogens is 310 g/mol. The predicted octanol–water partition coefficient (Wildman–Crippen LogP) is 2.03. The predicted molar refractivity (Wildman–Crippen MR) is 88.6 cm³/mol. The maximum atomic E-state index is 12.3. The number of carbonyl (C=O) groups is 2. The van der Waals surface area contributed by atoms with E-state index in [1.807, 2.05) is 31.2 Å². The Morgan fingerprint density at radius 1 is 1.25 bits per heavy atom. The number of aliphatic carboxylic acids is 1. The van der Waals surface area contributed by atoms with Gasteiger partial charge in [-0.2, -0.15) is 5.10 Å². The third-order valence-electron chi connectivity index (χ3n) is 3.94. The van der Waals surface area contributed by atoms with E-state index < -0.39 is 23.8 Å². The molecule has 7 heteroatoms. The summed E-state index contributed by atoms with van der Waals surface area (Å²) >= 11 is 0. The van der Waals surface area contributed by atoms with Crippen LogP contribution in [0.15, 0.2) is 30.3 Å². The summed E-state index contributed by atoms with van der Waals surface area (Å²) in [6, 6.07) is 8.48. The Morgan fingerprint density at radius 2 is 1.88 bits per heavy atom. The van der Waals surface area contributed by atoms with Gasteiger partial charge < -0.3 is 15.2 Å². The minimum absolute atomic E-state index is 0.243. The number of carboxylic acid groups (broad SMARTS) is 1. The molecule has 0 spiro atoms. The molecule has 2 atom stereocenters. The van der Waals surface area contributed by atoms with Crippen molar-refractivity contribution in [2.75, 3.05) is 7.11 Å². The van der Waals surface area contributed by atoms with Crippen LogP contribution in [0.4, 0.5) is 0 Å². The first-order valence-electron chi connectivity index (χ1n) is 7.58. The molecule has 0 bridgehead atoms. The van der Waals surface area contributed by atoms with Crippen molar-refractivity contribution in [3.8, 4) is 11.4 Å². The number of carbonyl (C=O) groups excluding carboxylic acids is 1. The monoisotopic (exact) mass is 331 g/mol. The van der Waals surface area contributed by atoms with E-state index in [2.05, 4.69) is 10.4 Å². The molecule has 1 heterocycles. The third kappa shape index (κ3) is 3.73. The molecule has 0 fully saturated rings. The highest BCUT2D eigenvalue weighted by Crippen LogP contribution is 2.17. The molecule has 1 aromatic carbocycles. The number of benzene rings is 1. The number of carboxylic acids is 1. The van der Waals surface area contributed by atoms with Gasteiger partial charge in [0.2, 0.25) is 0 Å². The van der Waals surface area contributed by atoms with Gasteiger partial charge in [-0.15, -0.1) is 0 Å². The van der Waals surface area contributed by atoms with Gasteiger partial charge in [0.05, 0.1) is 18.7 Å². The van der Waals surface area contributed by atoms with Crippen LogP contribution >= 0.6 is 0 Å². The van der Waals surface area contributed by atoms with Crippen LogP contribution < -0.4 is 10.1 Å². The van der Waals surface area contributed by atoms with Crippen LogP contribution in [0.25, 0.3) is 5.69 Å². The van der Waals surface area contributed by atoms with Gasteiger partial charge >= 0.3 is 5.97 Å². The number of hydrogen-bond acceptors (Lipinski definition) is 4. The number of amides is 1. The van der Waals surface area contributed by atoms with Crippen LogP contribution in [0.3, 0.4) is 0 Å². The smallest absolute Gasteiger partial charge is 0.308 e. The van der Waals surface area contributed by atoms with E-state index in [1.54, 1.807) is 31.7 Å². The second kappa shape index (κ2) is 7.16. The Balaban J connectivity index is 2.18. The normalized spacial score (nSPS) is 13.2. The average molecular weight is 331 g/mol. The van der Waals surface area contributed by atoms with Crippen molar-refractivity contribution < 1.29 is 19.4 Å². The van der Waals surface area contributed by atoms with Crippen molar-refractivity contribution in [2.24, 2.45) is 5.92 Å². The number of methoxy groups -OCH3 is 1. The fourth-order valence-electron chi connectivity index (χ4n) is 2.19. The third-order valence-corrected chi connectivity index (χ3v) is 3.94. The molecule has 7 nitrogen and oxygen atoms in total. The van der Waals surface area contributed by atoms with Gasteiger partial charge in [0.15, 0.2) is 5.69 Å². The summed E-state index contributed by atoms with van der Waals surface area (Å²) in [4.78, 5) is 23.3. The molecule has 128 valence electrons. The Kier molecular flexibility index (Phi) is 5.23. The SMILES string of the molecule is COc1ccc(-n2nc(C(=O)NC(C)C(C)C(=O)O)cc2C)cc1. The van der Waals surface area contributed by atoms with E-state index in [-0.39, 0.29) is 5.69 Å². The molecule has 2 aromatic rings. The summed E-state index contributed by atoms with van der Waals surface area (Å²) in [5.41, 5.74) is 1.84. The van der Waals surface area contributed by atoms with Gasteiger partial charge in [0.1, 0.15) is 5.75 Å². The number of nitrogens with one attached hydrogen (secondary N) is 1. The second-order valence-corrected chi connectivity index (χ2v) is 5.67. The van der Waals surface area contributed by atoms with Gasteiger partial charge in [-0.1, -0.05) is 0 Å². The Bertz CT molecular complexity index is 737. The van der Waals surface area contributed by atoms with Crippen molar-refractivity contribution in [3.63, 3.8) is 0 Å². The molecule has 0 saturated carbocycles. The van der Waals surface area contributed by atoms with Gasteiger partial charge in [-0.05, 0) is 51.1 Å². The standard InChI is InChI=1S/C17H21N3O4/c1-10-9-15(16(21)18-12(3)11(2)17(22)23)19-20(10)13-5-7-14(24-4)8-6-13/h5-9,11-12H,1-4H3,(H,18,21)(H,22,23). The van der Waals surface area contributed by atoms with Crippen molar-refractivity contribution in [3.05, 3.63) is 41.7 Å². The number of aryl methyl sites for hydroxylation is 1. The molecular formula is C17H21N3O4. The first kappa shape index (κ1) is 17.5. The molecule has 2 N–H and O–H groups in total. The summed E-state index contributed by atoms with van der Waals surface area (Å²) < 4.78 is 6.77. The molecule has 24 heavy (non-hydrogen) atoms.